The Kier molecular flexibility index (Phi) is 6.49. The minimum Gasteiger partial charge on any atom is -0.493 e. The van der Waals surface area contributed by atoms with Crippen molar-refractivity contribution in [3.63, 3.8) is 0 Å². The molecule has 0 aliphatic carbocycles. The molecule has 0 aliphatic rings. The van der Waals surface area contributed by atoms with E-state index in [1.54, 1.807) is 27.7 Å². The van der Waals surface area contributed by atoms with Crippen LogP contribution in [0.3, 0.4) is 0 Å². The standard InChI is InChI=1S/C25H26N2O2S2/c1-5-21-18(4)22-23(31-21)26-25(27(24(22)28)19-10-6-16(2)7-11-19)30-15-14-29-20-12-8-17(3)9-13-20/h6-13H,5,14-15H2,1-4H3. The summed E-state index contributed by atoms with van der Waals surface area (Å²) >= 11 is 3.18. The van der Waals surface area contributed by atoms with Gasteiger partial charge in [0.1, 0.15) is 10.6 Å². The van der Waals surface area contributed by atoms with Gasteiger partial charge in [0.15, 0.2) is 5.16 Å². The zero-order chi connectivity index (χ0) is 22.0. The van der Waals surface area contributed by atoms with Crippen LogP contribution in [0.2, 0.25) is 0 Å². The molecule has 4 rings (SSSR count). The average molecular weight is 451 g/mol. The smallest absolute Gasteiger partial charge is 0.267 e. The first kappa shape index (κ1) is 21.7. The van der Waals surface area contributed by atoms with E-state index in [4.69, 9.17) is 9.72 Å². The summed E-state index contributed by atoms with van der Waals surface area (Å²) in [5.74, 6) is 1.55. The molecule has 0 radical (unpaired) electrons. The largest absolute Gasteiger partial charge is 0.493 e. The van der Waals surface area contributed by atoms with Crippen LogP contribution >= 0.6 is 23.1 Å². The van der Waals surface area contributed by atoms with Crippen LogP contribution < -0.4 is 10.3 Å². The highest BCUT2D eigenvalue weighted by Crippen LogP contribution is 2.30. The molecule has 0 fully saturated rings. The molecule has 0 unspecified atom stereocenters. The fourth-order valence-electron chi connectivity index (χ4n) is 3.49. The van der Waals surface area contributed by atoms with Gasteiger partial charge in [0, 0.05) is 10.6 Å². The van der Waals surface area contributed by atoms with Gasteiger partial charge in [-0.05, 0) is 57.0 Å². The Labute approximate surface area is 190 Å². The van der Waals surface area contributed by atoms with Crippen LogP contribution in [0.1, 0.15) is 28.5 Å². The zero-order valence-electron chi connectivity index (χ0n) is 18.3. The Hall–Kier alpha value is -2.57. The molecule has 6 heteroatoms. The van der Waals surface area contributed by atoms with Gasteiger partial charge in [0.25, 0.3) is 5.56 Å². The molecule has 0 N–H and O–H groups in total. The number of nitrogens with zero attached hydrogens (tertiary/aromatic N) is 2. The Balaban J connectivity index is 1.67. The SMILES string of the molecule is CCc1sc2nc(SCCOc3ccc(C)cc3)n(-c3ccc(C)cc3)c(=O)c2c1C. The van der Waals surface area contributed by atoms with E-state index in [0.717, 1.165) is 39.2 Å². The fraction of sp³-hybridized carbons (Fsp3) is 0.280. The van der Waals surface area contributed by atoms with E-state index < -0.39 is 0 Å². The Morgan fingerprint density at radius 1 is 1.00 bits per heavy atom. The predicted octanol–water partition coefficient (Wildman–Crippen LogP) is 6.11. The average Bonchev–Trinajstić information content (AvgIpc) is 3.09. The summed E-state index contributed by atoms with van der Waals surface area (Å²) in [6, 6.07) is 16.1. The number of fused-ring (bicyclic) bond motifs is 1. The van der Waals surface area contributed by atoms with Gasteiger partial charge in [0.2, 0.25) is 0 Å². The molecule has 0 atom stereocenters. The molecule has 4 nitrogen and oxygen atoms in total. The Bertz CT molecular complexity index is 1260. The van der Waals surface area contributed by atoms with Crippen molar-refractivity contribution in [2.24, 2.45) is 0 Å². The van der Waals surface area contributed by atoms with Crippen molar-refractivity contribution in [1.82, 2.24) is 9.55 Å². The fourth-order valence-corrected chi connectivity index (χ4v) is 5.48. The molecule has 0 spiro atoms. The van der Waals surface area contributed by atoms with E-state index in [1.165, 1.54) is 10.4 Å². The van der Waals surface area contributed by atoms with E-state index in [0.29, 0.717) is 17.5 Å². The van der Waals surface area contributed by atoms with Crippen molar-refractivity contribution in [2.75, 3.05) is 12.4 Å². The lowest BCUT2D eigenvalue weighted by Gasteiger charge is -2.13. The van der Waals surface area contributed by atoms with Crippen LogP contribution in [0.15, 0.2) is 58.5 Å². The third-order valence-corrected chi connectivity index (χ3v) is 7.48. The molecule has 2 heterocycles. The van der Waals surface area contributed by atoms with Crippen molar-refractivity contribution in [2.45, 2.75) is 39.3 Å². The highest BCUT2D eigenvalue weighted by atomic mass is 32.2. The maximum atomic E-state index is 13.6. The van der Waals surface area contributed by atoms with Gasteiger partial charge < -0.3 is 4.74 Å². The maximum Gasteiger partial charge on any atom is 0.267 e. The van der Waals surface area contributed by atoms with E-state index in [1.807, 2.05) is 62.4 Å². The molecule has 160 valence electrons. The number of ether oxygens (including phenoxy) is 1. The van der Waals surface area contributed by atoms with Crippen molar-refractivity contribution in [1.29, 1.82) is 0 Å². The number of rotatable bonds is 7. The lowest BCUT2D eigenvalue weighted by atomic mass is 10.2. The van der Waals surface area contributed by atoms with Gasteiger partial charge in [-0.25, -0.2) is 4.98 Å². The third kappa shape index (κ3) is 4.55. The molecule has 31 heavy (non-hydrogen) atoms. The minimum absolute atomic E-state index is 0.00394. The molecule has 2 aromatic carbocycles. The van der Waals surface area contributed by atoms with E-state index in [-0.39, 0.29) is 5.56 Å². The summed E-state index contributed by atoms with van der Waals surface area (Å²) in [7, 11) is 0. The highest BCUT2D eigenvalue weighted by Gasteiger charge is 2.18. The number of aromatic nitrogens is 2. The number of benzene rings is 2. The third-order valence-electron chi connectivity index (χ3n) is 5.25. The van der Waals surface area contributed by atoms with Crippen LogP contribution in [-0.4, -0.2) is 21.9 Å². The quantitative estimate of drug-likeness (QED) is 0.194. The van der Waals surface area contributed by atoms with Gasteiger partial charge in [-0.15, -0.1) is 11.3 Å². The molecule has 4 aromatic rings. The normalized spacial score (nSPS) is 11.2. The first-order chi connectivity index (χ1) is 15.0. The van der Waals surface area contributed by atoms with Gasteiger partial charge in [-0.2, -0.15) is 0 Å². The summed E-state index contributed by atoms with van der Waals surface area (Å²) in [6.07, 6.45) is 0.906. The van der Waals surface area contributed by atoms with Crippen LogP contribution in [0.25, 0.3) is 15.9 Å². The number of thioether (sulfide) groups is 1. The van der Waals surface area contributed by atoms with Crippen molar-refractivity contribution >= 4 is 33.3 Å². The first-order valence-electron chi connectivity index (χ1n) is 10.4. The number of aryl methyl sites for hydroxylation is 4. The molecule has 2 aromatic heterocycles. The zero-order valence-corrected chi connectivity index (χ0v) is 19.9. The highest BCUT2D eigenvalue weighted by molar-refractivity contribution is 7.99. The van der Waals surface area contributed by atoms with Crippen molar-refractivity contribution in [3.8, 4) is 11.4 Å². The summed E-state index contributed by atoms with van der Waals surface area (Å²) in [5.41, 5.74) is 4.27. The summed E-state index contributed by atoms with van der Waals surface area (Å²) in [4.78, 5) is 20.5. The van der Waals surface area contributed by atoms with Crippen molar-refractivity contribution < 1.29 is 4.74 Å². The van der Waals surface area contributed by atoms with E-state index >= 15 is 0 Å². The number of hydrogen-bond donors (Lipinski definition) is 0. The molecule has 0 aliphatic heterocycles. The molecular formula is C25H26N2O2S2. The molecule has 0 amide bonds. The monoisotopic (exact) mass is 450 g/mol. The van der Waals surface area contributed by atoms with Gasteiger partial charge >= 0.3 is 0 Å². The van der Waals surface area contributed by atoms with Gasteiger partial charge in [0.05, 0.1) is 17.7 Å². The molecular weight excluding hydrogens is 424 g/mol. The topological polar surface area (TPSA) is 44.1 Å². The second-order valence-corrected chi connectivity index (χ2v) is 9.71. The van der Waals surface area contributed by atoms with Crippen LogP contribution in [-0.2, 0) is 6.42 Å². The van der Waals surface area contributed by atoms with Crippen LogP contribution in [0, 0.1) is 20.8 Å². The van der Waals surface area contributed by atoms with Crippen LogP contribution in [0.5, 0.6) is 5.75 Å². The number of thiophene rings is 1. The lowest BCUT2D eigenvalue weighted by Crippen LogP contribution is -2.22. The summed E-state index contributed by atoms with van der Waals surface area (Å²) in [6.45, 7) is 8.79. The predicted molar refractivity (Wildman–Crippen MR) is 131 cm³/mol. The second-order valence-electron chi connectivity index (χ2n) is 7.56. The minimum atomic E-state index is 0.00394. The summed E-state index contributed by atoms with van der Waals surface area (Å²) in [5, 5.41) is 1.44. The second kappa shape index (κ2) is 9.28. The molecule has 0 saturated heterocycles. The van der Waals surface area contributed by atoms with Gasteiger partial charge in [-0.3, -0.25) is 9.36 Å². The maximum absolute atomic E-state index is 13.6. The lowest BCUT2D eigenvalue weighted by molar-refractivity contribution is 0.344. The Morgan fingerprint density at radius 2 is 1.65 bits per heavy atom. The molecule has 0 saturated carbocycles. The summed E-state index contributed by atoms with van der Waals surface area (Å²) < 4.78 is 7.62. The van der Waals surface area contributed by atoms with Gasteiger partial charge in [-0.1, -0.05) is 54.1 Å². The molecule has 0 bridgehead atoms. The Morgan fingerprint density at radius 3 is 2.29 bits per heavy atom. The van der Waals surface area contributed by atoms with Crippen molar-refractivity contribution in [3.05, 3.63) is 80.5 Å². The van der Waals surface area contributed by atoms with E-state index in [2.05, 4.69) is 13.8 Å². The number of hydrogen-bond acceptors (Lipinski definition) is 5. The van der Waals surface area contributed by atoms with Crippen LogP contribution in [0.4, 0.5) is 0 Å². The first-order valence-corrected chi connectivity index (χ1v) is 12.2. The van der Waals surface area contributed by atoms with E-state index in [9.17, 15) is 4.79 Å².